The van der Waals surface area contributed by atoms with Crippen LogP contribution in [0.4, 0.5) is 0 Å². The maximum atomic E-state index is 9.36. The predicted molar refractivity (Wildman–Crippen MR) is 50.8 cm³/mol. The third kappa shape index (κ3) is 7.35. The molecule has 0 saturated carbocycles. The molecular weight excluding hydrogens is 152 g/mol. The van der Waals surface area contributed by atoms with Gasteiger partial charge in [-0.3, -0.25) is 0 Å². The number of allylic oxidation sites excluding steroid dienone is 2. The number of aliphatic hydroxyl groups is 1. The van der Waals surface area contributed by atoms with E-state index in [1.165, 1.54) is 0 Å². The van der Waals surface area contributed by atoms with Gasteiger partial charge in [-0.15, -0.1) is 6.58 Å². The van der Waals surface area contributed by atoms with Crippen LogP contribution in [0.1, 0.15) is 25.7 Å². The van der Waals surface area contributed by atoms with Crippen LogP contribution in [0.5, 0.6) is 0 Å². The second-order valence-corrected chi connectivity index (χ2v) is 2.70. The van der Waals surface area contributed by atoms with E-state index in [1.807, 2.05) is 12.2 Å². The monoisotopic (exact) mass is 170 g/mol. The van der Waals surface area contributed by atoms with Gasteiger partial charge in [0.25, 0.3) is 0 Å². The van der Waals surface area contributed by atoms with E-state index in [-0.39, 0.29) is 6.10 Å². The van der Waals surface area contributed by atoms with Crippen molar-refractivity contribution >= 4 is 0 Å². The van der Waals surface area contributed by atoms with Gasteiger partial charge in [0.1, 0.15) is 0 Å². The molecule has 0 aliphatic rings. The molecule has 0 radical (unpaired) electrons. The maximum Gasteiger partial charge on any atom is 0.0784 e. The van der Waals surface area contributed by atoms with Crippen molar-refractivity contribution in [1.29, 1.82) is 0 Å². The fraction of sp³-hybridized carbons (Fsp3) is 0.600. The summed E-state index contributed by atoms with van der Waals surface area (Å²) in [6.07, 6.45) is 8.54. The van der Waals surface area contributed by atoms with E-state index in [4.69, 9.17) is 4.74 Å². The van der Waals surface area contributed by atoms with Crippen molar-refractivity contribution in [2.24, 2.45) is 0 Å². The van der Waals surface area contributed by atoms with Crippen LogP contribution in [0.25, 0.3) is 0 Å². The third-order valence-electron chi connectivity index (χ3n) is 1.60. The van der Waals surface area contributed by atoms with Crippen molar-refractivity contribution in [2.45, 2.75) is 31.8 Å². The number of rotatable bonds is 7. The largest absolute Gasteiger partial charge is 0.505 e. The van der Waals surface area contributed by atoms with Crippen molar-refractivity contribution in [3.05, 3.63) is 25.0 Å². The second kappa shape index (κ2) is 8.34. The van der Waals surface area contributed by atoms with E-state index < -0.39 is 0 Å². The molecule has 0 aliphatic carbocycles. The zero-order valence-corrected chi connectivity index (χ0v) is 7.70. The molecule has 0 saturated heterocycles. The minimum absolute atomic E-state index is 0.204. The quantitative estimate of drug-likeness (QED) is 0.469. The van der Waals surface area contributed by atoms with Gasteiger partial charge in [0.15, 0.2) is 0 Å². The smallest absolute Gasteiger partial charge is 0.0784 e. The fourth-order valence-corrected chi connectivity index (χ4v) is 0.907. The topological polar surface area (TPSA) is 29.5 Å². The van der Waals surface area contributed by atoms with Gasteiger partial charge < -0.3 is 9.84 Å². The summed E-state index contributed by atoms with van der Waals surface area (Å²) in [6.45, 7) is 3.60. The van der Waals surface area contributed by atoms with Crippen LogP contribution in [0.15, 0.2) is 25.0 Å². The minimum Gasteiger partial charge on any atom is -0.505 e. The molecule has 0 aliphatic heterocycles. The first-order valence-corrected chi connectivity index (χ1v) is 4.28. The number of aliphatic hydroxyl groups excluding tert-OH is 1. The van der Waals surface area contributed by atoms with Crippen molar-refractivity contribution in [1.82, 2.24) is 0 Å². The van der Waals surface area contributed by atoms with E-state index in [9.17, 15) is 5.11 Å². The average molecular weight is 170 g/mol. The van der Waals surface area contributed by atoms with Gasteiger partial charge in [-0.1, -0.05) is 6.08 Å². The third-order valence-corrected chi connectivity index (χ3v) is 1.60. The van der Waals surface area contributed by atoms with Gasteiger partial charge in [-0.2, -0.15) is 0 Å². The summed E-state index contributed by atoms with van der Waals surface area (Å²) in [5.74, 6) is 0. The van der Waals surface area contributed by atoms with Gasteiger partial charge in [-0.25, -0.2) is 0 Å². The molecule has 0 heterocycles. The summed E-state index contributed by atoms with van der Waals surface area (Å²) < 4.78 is 4.73. The van der Waals surface area contributed by atoms with Gasteiger partial charge in [-0.05, 0) is 31.8 Å². The number of methoxy groups -OCH3 is 1. The Labute approximate surface area is 74.6 Å². The summed E-state index contributed by atoms with van der Waals surface area (Å²) in [4.78, 5) is 0. The van der Waals surface area contributed by atoms with Crippen molar-refractivity contribution in [3.63, 3.8) is 0 Å². The molecule has 0 aromatic heterocycles. The highest BCUT2D eigenvalue weighted by Gasteiger charge is 1.99. The number of ether oxygens (including phenoxy) is 1. The lowest BCUT2D eigenvalue weighted by Gasteiger charge is -2.05. The van der Waals surface area contributed by atoms with E-state index in [0.717, 1.165) is 25.7 Å². The predicted octanol–water partition coefficient (Wildman–Crippen LogP) is 2.25. The Morgan fingerprint density at radius 3 is 2.67 bits per heavy atom. The van der Waals surface area contributed by atoms with Crippen LogP contribution in [0, 0.1) is 0 Å². The molecule has 0 aromatic carbocycles. The van der Waals surface area contributed by atoms with E-state index in [2.05, 4.69) is 6.58 Å². The highest BCUT2D eigenvalue weighted by molar-refractivity contribution is 4.76. The van der Waals surface area contributed by atoms with Crippen LogP contribution in [0.3, 0.4) is 0 Å². The minimum atomic E-state index is -0.204. The molecule has 70 valence electrons. The molecule has 0 unspecified atom stereocenters. The van der Waals surface area contributed by atoms with Crippen molar-refractivity contribution in [2.75, 3.05) is 7.11 Å². The summed E-state index contributed by atoms with van der Waals surface area (Å²) in [6, 6.07) is 0. The molecule has 0 bridgehead atoms. The standard InChI is InChI=1S/C10H18O2/c1-3-4-7-10(11)8-5-6-9-12-2/h3,6,9-11H,1,4-5,7-8H2,2H3/b9-6+/t10-/m0/s1. The van der Waals surface area contributed by atoms with Crippen LogP contribution in [-0.4, -0.2) is 18.3 Å². The molecule has 12 heavy (non-hydrogen) atoms. The van der Waals surface area contributed by atoms with Crippen molar-refractivity contribution in [3.8, 4) is 0 Å². The Morgan fingerprint density at radius 1 is 1.42 bits per heavy atom. The van der Waals surface area contributed by atoms with E-state index in [1.54, 1.807) is 13.4 Å². The first-order valence-electron chi connectivity index (χ1n) is 4.28. The van der Waals surface area contributed by atoms with E-state index in [0.29, 0.717) is 0 Å². The SMILES string of the molecule is C=CCC[C@H](O)CC/C=C/OC. The lowest BCUT2D eigenvalue weighted by molar-refractivity contribution is 0.156. The Bertz CT molecular complexity index is 130. The molecule has 0 rings (SSSR count). The molecule has 0 aromatic rings. The lowest BCUT2D eigenvalue weighted by atomic mass is 10.1. The van der Waals surface area contributed by atoms with E-state index >= 15 is 0 Å². The zero-order valence-electron chi connectivity index (χ0n) is 7.70. The molecular formula is C10H18O2. The lowest BCUT2D eigenvalue weighted by Crippen LogP contribution is -2.04. The highest BCUT2D eigenvalue weighted by Crippen LogP contribution is 2.05. The van der Waals surface area contributed by atoms with Gasteiger partial charge in [0.2, 0.25) is 0 Å². The van der Waals surface area contributed by atoms with Crippen LogP contribution < -0.4 is 0 Å². The highest BCUT2D eigenvalue weighted by atomic mass is 16.5. The average Bonchev–Trinajstić information content (AvgIpc) is 2.09. The van der Waals surface area contributed by atoms with Crippen LogP contribution >= 0.6 is 0 Å². The first kappa shape index (κ1) is 11.2. The molecule has 0 fully saturated rings. The fourth-order valence-electron chi connectivity index (χ4n) is 0.907. The Balaban J connectivity index is 3.24. The summed E-state index contributed by atoms with van der Waals surface area (Å²) in [5.41, 5.74) is 0. The Kier molecular flexibility index (Phi) is 7.81. The van der Waals surface area contributed by atoms with Gasteiger partial charge >= 0.3 is 0 Å². The number of hydrogen-bond acceptors (Lipinski definition) is 2. The van der Waals surface area contributed by atoms with Crippen LogP contribution in [-0.2, 0) is 4.74 Å². The van der Waals surface area contributed by atoms with Gasteiger partial charge in [0, 0.05) is 0 Å². The molecule has 0 spiro atoms. The molecule has 2 heteroatoms. The molecule has 1 N–H and O–H groups in total. The Morgan fingerprint density at radius 2 is 2.08 bits per heavy atom. The van der Waals surface area contributed by atoms with Crippen molar-refractivity contribution < 1.29 is 9.84 Å². The second-order valence-electron chi connectivity index (χ2n) is 2.70. The summed E-state index contributed by atoms with van der Waals surface area (Å²) >= 11 is 0. The van der Waals surface area contributed by atoms with Gasteiger partial charge in [0.05, 0.1) is 19.5 Å². The molecule has 0 amide bonds. The Hall–Kier alpha value is -0.760. The molecule has 2 nitrogen and oxygen atoms in total. The zero-order chi connectivity index (χ0) is 9.23. The normalized spacial score (nSPS) is 13.2. The summed E-state index contributed by atoms with van der Waals surface area (Å²) in [7, 11) is 1.62. The summed E-state index contributed by atoms with van der Waals surface area (Å²) in [5, 5.41) is 9.36. The molecule has 1 atom stereocenters. The number of hydrogen-bond donors (Lipinski definition) is 1. The maximum absolute atomic E-state index is 9.36. The first-order chi connectivity index (χ1) is 5.81. The van der Waals surface area contributed by atoms with Crippen LogP contribution in [0.2, 0.25) is 0 Å².